The van der Waals surface area contributed by atoms with Crippen molar-refractivity contribution in [3.63, 3.8) is 0 Å². The number of amides is 1. The molecule has 0 saturated carbocycles. The summed E-state index contributed by atoms with van der Waals surface area (Å²) >= 11 is 0. The Balaban J connectivity index is 1.87. The number of fused-ring (bicyclic) bond motifs is 1. The van der Waals surface area contributed by atoms with E-state index in [0.717, 1.165) is 11.4 Å². The molecule has 0 radical (unpaired) electrons. The third kappa shape index (κ3) is 2.77. The minimum atomic E-state index is -0.901. The van der Waals surface area contributed by atoms with Gasteiger partial charge in [0.15, 0.2) is 5.65 Å². The molecule has 1 aliphatic rings. The number of aromatic nitrogens is 3. The summed E-state index contributed by atoms with van der Waals surface area (Å²) < 4.78 is 1.66. The normalized spacial score (nSPS) is 20.8. The number of hydrogen-bond acceptors (Lipinski definition) is 5. The third-order valence-electron chi connectivity index (χ3n) is 4.06. The number of nitrogens with zero attached hydrogens (tertiary/aromatic N) is 3. The Hall–Kier alpha value is -2.48. The van der Waals surface area contributed by atoms with Gasteiger partial charge in [0.2, 0.25) is 0 Å². The number of carboxylic acid groups (broad SMARTS) is 1. The monoisotopic (exact) mass is 317 g/mol. The Kier molecular flexibility index (Phi) is 3.77. The molecule has 3 heterocycles. The van der Waals surface area contributed by atoms with Gasteiger partial charge >= 0.3 is 5.97 Å². The SMILES string of the molecule is Cc1cc(C)n2nc(C)c(C(=O)N[C@@H]3CN[C@H](C(=O)O)C3)c2n1. The first-order valence-corrected chi connectivity index (χ1v) is 7.47. The zero-order valence-electron chi connectivity index (χ0n) is 13.3. The minimum Gasteiger partial charge on any atom is -0.480 e. The number of carboxylic acids is 1. The lowest BCUT2D eigenvalue weighted by Gasteiger charge is -2.11. The molecule has 0 aliphatic carbocycles. The lowest BCUT2D eigenvalue weighted by molar-refractivity contribution is -0.139. The Morgan fingerprint density at radius 3 is 2.78 bits per heavy atom. The Morgan fingerprint density at radius 2 is 2.13 bits per heavy atom. The van der Waals surface area contributed by atoms with Crippen molar-refractivity contribution in [2.45, 2.75) is 39.3 Å². The molecule has 3 rings (SSSR count). The van der Waals surface area contributed by atoms with E-state index < -0.39 is 12.0 Å². The summed E-state index contributed by atoms with van der Waals surface area (Å²) in [7, 11) is 0. The van der Waals surface area contributed by atoms with E-state index in [4.69, 9.17) is 5.11 Å². The van der Waals surface area contributed by atoms with Gasteiger partial charge < -0.3 is 15.7 Å². The van der Waals surface area contributed by atoms with E-state index in [2.05, 4.69) is 20.7 Å². The molecule has 1 fully saturated rings. The summed E-state index contributed by atoms with van der Waals surface area (Å²) in [5.41, 5.74) is 3.29. The number of nitrogens with one attached hydrogen (secondary N) is 2. The molecule has 2 aromatic rings. The van der Waals surface area contributed by atoms with Crippen molar-refractivity contribution in [2.75, 3.05) is 6.54 Å². The van der Waals surface area contributed by atoms with Crippen LogP contribution in [0, 0.1) is 20.8 Å². The van der Waals surface area contributed by atoms with Crippen LogP contribution in [-0.2, 0) is 4.79 Å². The Labute approximate surface area is 132 Å². The first-order valence-electron chi connectivity index (χ1n) is 7.47. The molecule has 0 unspecified atom stereocenters. The minimum absolute atomic E-state index is 0.219. The fraction of sp³-hybridized carbons (Fsp3) is 0.467. The number of hydrogen-bond donors (Lipinski definition) is 3. The van der Waals surface area contributed by atoms with Crippen LogP contribution in [0.2, 0.25) is 0 Å². The molecule has 2 atom stereocenters. The molecule has 122 valence electrons. The molecule has 1 saturated heterocycles. The standard InChI is InChI=1S/C15H19N5O3/c1-7-4-8(2)20-13(17-7)12(9(3)19-20)14(21)18-10-5-11(15(22)23)16-6-10/h4,10-11,16H,5-6H2,1-3H3,(H,18,21)(H,22,23)/t10-,11-/m0/s1. The van der Waals surface area contributed by atoms with Crippen molar-refractivity contribution >= 4 is 17.5 Å². The molecule has 2 aromatic heterocycles. The number of carbonyl (C=O) groups is 2. The number of carbonyl (C=O) groups excluding carboxylic acids is 1. The van der Waals surface area contributed by atoms with Gasteiger partial charge in [-0.2, -0.15) is 5.10 Å². The first kappa shape index (κ1) is 15.4. The molecule has 1 aliphatic heterocycles. The summed E-state index contributed by atoms with van der Waals surface area (Å²) in [6.45, 7) is 5.99. The maximum atomic E-state index is 12.6. The summed E-state index contributed by atoms with van der Waals surface area (Å²) in [5, 5.41) is 19.1. The van der Waals surface area contributed by atoms with E-state index in [0.29, 0.717) is 29.9 Å². The lowest BCUT2D eigenvalue weighted by Crippen LogP contribution is -2.36. The van der Waals surface area contributed by atoms with Gasteiger partial charge in [0.25, 0.3) is 5.91 Å². The smallest absolute Gasteiger partial charge is 0.320 e. The van der Waals surface area contributed by atoms with Crippen molar-refractivity contribution in [3.05, 3.63) is 28.7 Å². The average Bonchev–Trinajstić information content (AvgIpc) is 3.03. The fourth-order valence-electron chi connectivity index (χ4n) is 2.98. The average molecular weight is 317 g/mol. The highest BCUT2D eigenvalue weighted by molar-refractivity contribution is 6.01. The van der Waals surface area contributed by atoms with Crippen LogP contribution in [0.25, 0.3) is 5.65 Å². The highest BCUT2D eigenvalue weighted by Crippen LogP contribution is 2.17. The van der Waals surface area contributed by atoms with E-state index in [9.17, 15) is 9.59 Å². The molecule has 1 amide bonds. The molecule has 8 nitrogen and oxygen atoms in total. The van der Waals surface area contributed by atoms with Crippen molar-refractivity contribution < 1.29 is 14.7 Å². The van der Waals surface area contributed by atoms with Crippen LogP contribution >= 0.6 is 0 Å². The number of aryl methyl sites for hydroxylation is 3. The highest BCUT2D eigenvalue weighted by atomic mass is 16.4. The molecule has 0 bridgehead atoms. The molecular weight excluding hydrogens is 298 g/mol. The predicted octanol–water partition coefficient (Wildman–Crippen LogP) is 0.199. The number of rotatable bonds is 3. The van der Waals surface area contributed by atoms with Gasteiger partial charge in [-0.15, -0.1) is 0 Å². The van der Waals surface area contributed by atoms with Crippen molar-refractivity contribution in [1.29, 1.82) is 0 Å². The second-order valence-corrected chi connectivity index (χ2v) is 5.94. The van der Waals surface area contributed by atoms with Crippen molar-refractivity contribution in [2.24, 2.45) is 0 Å². The van der Waals surface area contributed by atoms with Crippen LogP contribution in [-0.4, -0.2) is 50.2 Å². The van der Waals surface area contributed by atoms with E-state index >= 15 is 0 Å². The summed E-state index contributed by atoms with van der Waals surface area (Å²) in [4.78, 5) is 28.0. The van der Waals surface area contributed by atoms with Crippen LogP contribution in [0.5, 0.6) is 0 Å². The maximum Gasteiger partial charge on any atom is 0.320 e. The van der Waals surface area contributed by atoms with Crippen molar-refractivity contribution in [3.8, 4) is 0 Å². The Bertz CT molecular complexity index is 798. The van der Waals surface area contributed by atoms with Crippen LogP contribution in [0.3, 0.4) is 0 Å². The van der Waals surface area contributed by atoms with Crippen molar-refractivity contribution in [1.82, 2.24) is 25.2 Å². The molecule has 23 heavy (non-hydrogen) atoms. The molecule has 0 aromatic carbocycles. The quantitative estimate of drug-likeness (QED) is 0.746. The Morgan fingerprint density at radius 1 is 1.39 bits per heavy atom. The zero-order valence-corrected chi connectivity index (χ0v) is 13.3. The van der Waals surface area contributed by atoms with Gasteiger partial charge in [-0.1, -0.05) is 0 Å². The van der Waals surface area contributed by atoms with Gasteiger partial charge in [0.05, 0.1) is 5.69 Å². The van der Waals surface area contributed by atoms with E-state index in [1.165, 1.54) is 0 Å². The fourth-order valence-corrected chi connectivity index (χ4v) is 2.98. The second-order valence-electron chi connectivity index (χ2n) is 5.94. The summed E-state index contributed by atoms with van der Waals surface area (Å²) in [6.07, 6.45) is 0.366. The van der Waals surface area contributed by atoms with Gasteiger partial charge in [0, 0.05) is 24.0 Å². The highest BCUT2D eigenvalue weighted by Gasteiger charge is 2.31. The lowest BCUT2D eigenvalue weighted by atomic mass is 10.1. The molecule has 0 spiro atoms. The van der Waals surface area contributed by atoms with Gasteiger partial charge in [-0.25, -0.2) is 9.50 Å². The molecule has 3 N–H and O–H groups in total. The maximum absolute atomic E-state index is 12.6. The van der Waals surface area contributed by atoms with E-state index in [-0.39, 0.29) is 11.9 Å². The van der Waals surface area contributed by atoms with Crippen LogP contribution in [0.15, 0.2) is 6.07 Å². The number of aliphatic carboxylic acids is 1. The van der Waals surface area contributed by atoms with Crippen LogP contribution < -0.4 is 10.6 Å². The van der Waals surface area contributed by atoms with Crippen LogP contribution in [0.4, 0.5) is 0 Å². The first-order chi connectivity index (χ1) is 10.9. The van der Waals surface area contributed by atoms with Gasteiger partial charge in [-0.05, 0) is 33.3 Å². The molecule has 8 heteroatoms. The summed E-state index contributed by atoms with van der Waals surface area (Å²) in [6, 6.07) is 1.07. The summed E-state index contributed by atoms with van der Waals surface area (Å²) in [5.74, 6) is -1.17. The van der Waals surface area contributed by atoms with Crippen LogP contribution in [0.1, 0.15) is 33.9 Å². The molecular formula is C15H19N5O3. The predicted molar refractivity (Wildman–Crippen MR) is 82.5 cm³/mol. The largest absolute Gasteiger partial charge is 0.480 e. The van der Waals surface area contributed by atoms with Gasteiger partial charge in [0.1, 0.15) is 11.6 Å². The third-order valence-corrected chi connectivity index (χ3v) is 4.06. The van der Waals surface area contributed by atoms with E-state index in [1.807, 2.05) is 19.9 Å². The van der Waals surface area contributed by atoms with Gasteiger partial charge in [-0.3, -0.25) is 9.59 Å². The van der Waals surface area contributed by atoms with E-state index in [1.54, 1.807) is 11.4 Å². The topological polar surface area (TPSA) is 109 Å². The zero-order chi connectivity index (χ0) is 16.7. The second kappa shape index (κ2) is 5.62.